The van der Waals surface area contributed by atoms with Crippen molar-refractivity contribution in [3.05, 3.63) is 0 Å². The average molecular weight is 243 g/mol. The minimum Gasteiger partial charge on any atom is -0.480 e. The Bertz CT molecular complexity index is 268. The third-order valence-corrected chi connectivity index (χ3v) is 3.85. The number of carbonyl (C=O) groups is 1. The lowest BCUT2D eigenvalue weighted by Crippen LogP contribution is -2.51. The molecule has 1 heterocycles. The summed E-state index contributed by atoms with van der Waals surface area (Å²) in [6, 6.07) is 0. The lowest BCUT2D eigenvalue weighted by atomic mass is 9.74. The molecule has 0 spiro atoms. The smallest absolute Gasteiger partial charge is 0.323 e. The first kappa shape index (κ1) is 14.5. The predicted molar refractivity (Wildman–Crippen MR) is 67.0 cm³/mol. The van der Waals surface area contributed by atoms with Gasteiger partial charge in [0.15, 0.2) is 0 Å². The van der Waals surface area contributed by atoms with E-state index in [1.165, 1.54) is 0 Å². The molecule has 0 aromatic rings. The van der Waals surface area contributed by atoms with Gasteiger partial charge in [-0.3, -0.25) is 4.79 Å². The Hall–Kier alpha value is -0.610. The van der Waals surface area contributed by atoms with Crippen molar-refractivity contribution in [1.29, 1.82) is 0 Å². The SMILES string of the molecule is CC(C)(NCC(C)(C)C1CCOCC1)C(=O)O. The third kappa shape index (κ3) is 3.96. The number of rotatable bonds is 5. The molecule has 0 unspecified atom stereocenters. The fraction of sp³-hybridized carbons (Fsp3) is 0.923. The summed E-state index contributed by atoms with van der Waals surface area (Å²) in [6.45, 7) is 10.2. The molecular weight excluding hydrogens is 218 g/mol. The zero-order chi connectivity index (χ0) is 13.1. The summed E-state index contributed by atoms with van der Waals surface area (Å²) >= 11 is 0. The van der Waals surface area contributed by atoms with Gasteiger partial charge in [-0.1, -0.05) is 13.8 Å². The van der Waals surface area contributed by atoms with E-state index in [0.29, 0.717) is 5.92 Å². The lowest BCUT2D eigenvalue weighted by molar-refractivity contribution is -0.143. The zero-order valence-electron chi connectivity index (χ0n) is 11.4. The lowest BCUT2D eigenvalue weighted by Gasteiger charge is -2.39. The molecule has 1 aliphatic rings. The molecule has 4 heteroatoms. The summed E-state index contributed by atoms with van der Waals surface area (Å²) in [5, 5.41) is 12.2. The van der Waals surface area contributed by atoms with Crippen LogP contribution in [0.3, 0.4) is 0 Å². The van der Waals surface area contributed by atoms with Crippen molar-refractivity contribution in [2.75, 3.05) is 19.8 Å². The summed E-state index contributed by atoms with van der Waals surface area (Å²) in [7, 11) is 0. The van der Waals surface area contributed by atoms with E-state index in [1.54, 1.807) is 13.8 Å². The topological polar surface area (TPSA) is 58.6 Å². The van der Waals surface area contributed by atoms with Gasteiger partial charge in [-0.05, 0) is 38.0 Å². The molecule has 0 atom stereocenters. The van der Waals surface area contributed by atoms with E-state index in [4.69, 9.17) is 9.84 Å². The molecule has 0 bridgehead atoms. The number of hydrogen-bond donors (Lipinski definition) is 2. The second-order valence-corrected chi connectivity index (χ2v) is 6.16. The van der Waals surface area contributed by atoms with E-state index in [-0.39, 0.29) is 5.41 Å². The maximum absolute atomic E-state index is 11.0. The van der Waals surface area contributed by atoms with Crippen LogP contribution in [0.2, 0.25) is 0 Å². The number of ether oxygens (including phenoxy) is 1. The highest BCUT2D eigenvalue weighted by molar-refractivity contribution is 5.77. The van der Waals surface area contributed by atoms with Gasteiger partial charge in [0.25, 0.3) is 0 Å². The molecule has 1 rings (SSSR count). The van der Waals surface area contributed by atoms with E-state index in [9.17, 15) is 4.79 Å². The second-order valence-electron chi connectivity index (χ2n) is 6.16. The normalized spacial score (nSPS) is 19.3. The zero-order valence-corrected chi connectivity index (χ0v) is 11.4. The van der Waals surface area contributed by atoms with Crippen LogP contribution in [0, 0.1) is 11.3 Å². The third-order valence-electron chi connectivity index (χ3n) is 3.85. The van der Waals surface area contributed by atoms with Gasteiger partial charge >= 0.3 is 5.97 Å². The first-order valence-electron chi connectivity index (χ1n) is 6.32. The molecule has 0 aliphatic carbocycles. The van der Waals surface area contributed by atoms with Gasteiger partial charge in [0.2, 0.25) is 0 Å². The molecule has 0 amide bonds. The van der Waals surface area contributed by atoms with Crippen LogP contribution in [-0.2, 0) is 9.53 Å². The monoisotopic (exact) mass is 243 g/mol. The molecule has 1 fully saturated rings. The number of carboxylic acid groups (broad SMARTS) is 1. The van der Waals surface area contributed by atoms with Gasteiger partial charge in [0.1, 0.15) is 5.54 Å². The number of hydrogen-bond acceptors (Lipinski definition) is 3. The van der Waals surface area contributed by atoms with Crippen molar-refractivity contribution in [2.24, 2.45) is 11.3 Å². The van der Waals surface area contributed by atoms with Crippen molar-refractivity contribution in [3.8, 4) is 0 Å². The van der Waals surface area contributed by atoms with Crippen LogP contribution in [0.5, 0.6) is 0 Å². The fourth-order valence-electron chi connectivity index (χ4n) is 2.15. The van der Waals surface area contributed by atoms with E-state index >= 15 is 0 Å². The molecule has 2 N–H and O–H groups in total. The summed E-state index contributed by atoms with van der Waals surface area (Å²) in [5.74, 6) is -0.200. The second kappa shape index (κ2) is 5.36. The largest absolute Gasteiger partial charge is 0.480 e. The molecular formula is C13H25NO3. The van der Waals surface area contributed by atoms with Crippen LogP contribution in [0.15, 0.2) is 0 Å². The number of nitrogens with one attached hydrogen (secondary N) is 1. The highest BCUT2D eigenvalue weighted by atomic mass is 16.5. The van der Waals surface area contributed by atoms with Gasteiger partial charge < -0.3 is 15.2 Å². The first-order chi connectivity index (χ1) is 7.76. The van der Waals surface area contributed by atoms with Gasteiger partial charge in [0, 0.05) is 19.8 Å². The number of aliphatic carboxylic acids is 1. The molecule has 1 aliphatic heterocycles. The van der Waals surface area contributed by atoms with Crippen LogP contribution >= 0.6 is 0 Å². The summed E-state index contributed by atoms with van der Waals surface area (Å²) in [6.07, 6.45) is 2.14. The quantitative estimate of drug-likeness (QED) is 0.774. The Balaban J connectivity index is 2.51. The fourth-order valence-corrected chi connectivity index (χ4v) is 2.15. The van der Waals surface area contributed by atoms with Crippen molar-refractivity contribution in [2.45, 2.75) is 46.1 Å². The van der Waals surface area contributed by atoms with Crippen LogP contribution in [-0.4, -0.2) is 36.4 Å². The maximum Gasteiger partial charge on any atom is 0.323 e. The number of carboxylic acids is 1. The molecule has 1 saturated heterocycles. The van der Waals surface area contributed by atoms with E-state index in [2.05, 4.69) is 19.2 Å². The van der Waals surface area contributed by atoms with Gasteiger partial charge in [-0.25, -0.2) is 0 Å². The highest BCUT2D eigenvalue weighted by Gasteiger charge is 2.34. The van der Waals surface area contributed by atoms with Gasteiger partial charge in [0.05, 0.1) is 0 Å². The summed E-state index contributed by atoms with van der Waals surface area (Å²) < 4.78 is 5.36. The average Bonchev–Trinajstić information content (AvgIpc) is 2.28. The maximum atomic E-state index is 11.0. The molecule has 0 radical (unpaired) electrons. The Morgan fingerprint density at radius 3 is 2.29 bits per heavy atom. The Morgan fingerprint density at radius 1 is 1.29 bits per heavy atom. The molecule has 0 aromatic carbocycles. The molecule has 17 heavy (non-hydrogen) atoms. The minimum absolute atomic E-state index is 0.108. The standard InChI is InChI=1S/C13H25NO3/c1-12(2,10-5-7-17-8-6-10)9-14-13(3,4)11(15)16/h10,14H,5-9H2,1-4H3,(H,15,16). The van der Waals surface area contributed by atoms with E-state index in [1.807, 2.05) is 0 Å². The van der Waals surface area contributed by atoms with Crippen LogP contribution in [0.4, 0.5) is 0 Å². The summed E-state index contributed by atoms with van der Waals surface area (Å²) in [4.78, 5) is 11.0. The van der Waals surface area contributed by atoms with E-state index < -0.39 is 11.5 Å². The van der Waals surface area contributed by atoms with Crippen LogP contribution < -0.4 is 5.32 Å². The van der Waals surface area contributed by atoms with Gasteiger partial charge in [-0.2, -0.15) is 0 Å². The Morgan fingerprint density at radius 2 is 1.82 bits per heavy atom. The summed E-state index contributed by atoms with van der Waals surface area (Å²) in [5.41, 5.74) is -0.751. The molecule has 0 saturated carbocycles. The molecule has 0 aromatic heterocycles. The highest BCUT2D eigenvalue weighted by Crippen LogP contribution is 2.34. The van der Waals surface area contributed by atoms with E-state index in [0.717, 1.165) is 32.6 Å². The van der Waals surface area contributed by atoms with Crippen molar-refractivity contribution in [3.63, 3.8) is 0 Å². The van der Waals surface area contributed by atoms with Crippen molar-refractivity contribution >= 4 is 5.97 Å². The Labute approximate surface area is 104 Å². The molecule has 100 valence electrons. The van der Waals surface area contributed by atoms with Crippen molar-refractivity contribution < 1.29 is 14.6 Å². The Kier molecular flexibility index (Phi) is 4.55. The predicted octanol–water partition coefficient (Wildman–Crippen LogP) is 1.89. The minimum atomic E-state index is -0.859. The molecule has 4 nitrogen and oxygen atoms in total. The van der Waals surface area contributed by atoms with Crippen LogP contribution in [0.1, 0.15) is 40.5 Å². The van der Waals surface area contributed by atoms with Gasteiger partial charge in [-0.15, -0.1) is 0 Å². The van der Waals surface area contributed by atoms with Crippen LogP contribution in [0.25, 0.3) is 0 Å². The van der Waals surface area contributed by atoms with Crippen molar-refractivity contribution in [1.82, 2.24) is 5.32 Å². The first-order valence-corrected chi connectivity index (χ1v) is 6.32.